The van der Waals surface area contributed by atoms with Crippen LogP contribution < -0.4 is 4.74 Å². The van der Waals surface area contributed by atoms with Crippen LogP contribution in [0.5, 0.6) is 5.88 Å². The van der Waals surface area contributed by atoms with E-state index in [0.29, 0.717) is 0 Å². The van der Waals surface area contributed by atoms with Crippen molar-refractivity contribution in [3.63, 3.8) is 0 Å². The van der Waals surface area contributed by atoms with Gasteiger partial charge in [0.05, 0.1) is 24.2 Å². The summed E-state index contributed by atoms with van der Waals surface area (Å²) in [7, 11) is 1.31. The molecular weight excluding hydrogens is 202 g/mol. The summed E-state index contributed by atoms with van der Waals surface area (Å²) in [5.74, 6) is -0.0516. The second-order valence-corrected chi connectivity index (χ2v) is 3.79. The Morgan fingerprint density at radius 1 is 1.73 bits per heavy atom. The molecular formula is C8H13N3O4. The number of rotatable bonds is 4. The minimum absolute atomic E-state index is 0.0516. The molecule has 0 unspecified atom stereocenters. The number of methoxy groups -OCH3 is 1. The Morgan fingerprint density at radius 3 is 2.67 bits per heavy atom. The monoisotopic (exact) mass is 215 g/mol. The van der Waals surface area contributed by atoms with Crippen molar-refractivity contribution in [2.45, 2.75) is 26.0 Å². The van der Waals surface area contributed by atoms with E-state index in [-0.39, 0.29) is 18.1 Å². The highest BCUT2D eigenvalue weighted by Crippen LogP contribution is 2.24. The lowest BCUT2D eigenvalue weighted by Gasteiger charge is -2.15. The van der Waals surface area contributed by atoms with E-state index in [9.17, 15) is 15.2 Å². The summed E-state index contributed by atoms with van der Waals surface area (Å²) in [6.45, 7) is 3.34. The quantitative estimate of drug-likeness (QED) is 0.585. The highest BCUT2D eigenvalue weighted by molar-refractivity contribution is 5.38. The first-order valence-corrected chi connectivity index (χ1v) is 4.31. The first-order chi connectivity index (χ1) is 6.83. The summed E-state index contributed by atoms with van der Waals surface area (Å²) in [6, 6.07) is 0. The molecule has 1 aromatic heterocycles. The molecule has 1 aromatic rings. The van der Waals surface area contributed by atoms with Crippen molar-refractivity contribution in [1.82, 2.24) is 9.78 Å². The zero-order valence-corrected chi connectivity index (χ0v) is 8.80. The molecule has 1 N–H and O–H groups in total. The van der Waals surface area contributed by atoms with Crippen molar-refractivity contribution in [2.75, 3.05) is 7.11 Å². The van der Waals surface area contributed by atoms with E-state index in [1.54, 1.807) is 13.8 Å². The van der Waals surface area contributed by atoms with Crippen LogP contribution in [0.15, 0.2) is 6.20 Å². The molecule has 0 spiro atoms. The molecule has 0 aliphatic carbocycles. The van der Waals surface area contributed by atoms with Gasteiger partial charge in [0.1, 0.15) is 6.20 Å². The summed E-state index contributed by atoms with van der Waals surface area (Å²) in [5.41, 5.74) is -1.19. The highest BCUT2D eigenvalue weighted by Gasteiger charge is 2.23. The third kappa shape index (κ3) is 2.91. The molecule has 1 rings (SSSR count). The van der Waals surface area contributed by atoms with Crippen LogP contribution in [0.4, 0.5) is 5.69 Å². The van der Waals surface area contributed by atoms with Gasteiger partial charge in [-0.3, -0.25) is 14.8 Å². The van der Waals surface area contributed by atoms with Crippen LogP contribution >= 0.6 is 0 Å². The molecule has 0 bridgehead atoms. The number of hydrogen-bond donors (Lipinski definition) is 1. The third-order valence-electron chi connectivity index (χ3n) is 1.65. The van der Waals surface area contributed by atoms with Crippen molar-refractivity contribution in [1.29, 1.82) is 0 Å². The fourth-order valence-electron chi connectivity index (χ4n) is 1.14. The van der Waals surface area contributed by atoms with E-state index < -0.39 is 10.5 Å². The molecule has 0 saturated carbocycles. The Hall–Kier alpha value is -1.63. The number of aromatic nitrogens is 2. The molecule has 0 atom stereocenters. The molecule has 0 aromatic carbocycles. The van der Waals surface area contributed by atoms with Gasteiger partial charge in [-0.15, -0.1) is 5.10 Å². The Balaban J connectivity index is 2.98. The van der Waals surface area contributed by atoms with Gasteiger partial charge in [-0.2, -0.15) is 0 Å². The maximum absolute atomic E-state index is 10.6. The average molecular weight is 215 g/mol. The molecule has 0 aliphatic heterocycles. The van der Waals surface area contributed by atoms with E-state index in [4.69, 9.17) is 4.74 Å². The first kappa shape index (κ1) is 11.4. The molecule has 0 saturated heterocycles. The van der Waals surface area contributed by atoms with Crippen LogP contribution in [0.1, 0.15) is 13.8 Å². The van der Waals surface area contributed by atoms with Crippen LogP contribution in [0, 0.1) is 10.1 Å². The van der Waals surface area contributed by atoms with Crippen molar-refractivity contribution in [3.8, 4) is 5.88 Å². The Labute approximate surface area is 86.4 Å². The largest absolute Gasteiger partial charge is 0.475 e. The maximum atomic E-state index is 10.6. The lowest BCUT2D eigenvalue weighted by Crippen LogP contribution is -2.26. The standard InChI is InChI=1S/C8H13N3O4/c1-8(2,12)5-10-4-6(11(13)14)7(9-10)15-3/h4,12H,5H2,1-3H3. The molecule has 15 heavy (non-hydrogen) atoms. The van der Waals surface area contributed by atoms with Gasteiger partial charge in [-0.1, -0.05) is 0 Å². The van der Waals surface area contributed by atoms with Crippen LogP contribution in [0.25, 0.3) is 0 Å². The second kappa shape index (κ2) is 3.85. The van der Waals surface area contributed by atoms with Gasteiger partial charge >= 0.3 is 11.6 Å². The van der Waals surface area contributed by atoms with Crippen molar-refractivity contribution in [3.05, 3.63) is 16.3 Å². The highest BCUT2D eigenvalue weighted by atomic mass is 16.6. The fraction of sp³-hybridized carbons (Fsp3) is 0.625. The number of nitrogens with zero attached hydrogens (tertiary/aromatic N) is 3. The van der Waals surface area contributed by atoms with Gasteiger partial charge < -0.3 is 9.84 Å². The van der Waals surface area contributed by atoms with Gasteiger partial charge in [0, 0.05) is 0 Å². The van der Waals surface area contributed by atoms with Crippen molar-refractivity contribution < 1.29 is 14.8 Å². The summed E-state index contributed by atoms with van der Waals surface area (Å²) in [5, 5.41) is 23.9. The van der Waals surface area contributed by atoms with Gasteiger partial charge in [0.15, 0.2) is 0 Å². The zero-order chi connectivity index (χ0) is 11.6. The molecule has 0 fully saturated rings. The van der Waals surface area contributed by atoms with E-state index in [0.717, 1.165) is 0 Å². The minimum atomic E-state index is -0.981. The van der Waals surface area contributed by atoms with Gasteiger partial charge in [-0.05, 0) is 13.8 Å². The second-order valence-electron chi connectivity index (χ2n) is 3.79. The van der Waals surface area contributed by atoms with E-state index in [1.807, 2.05) is 0 Å². The Morgan fingerprint density at radius 2 is 2.33 bits per heavy atom. The van der Waals surface area contributed by atoms with Gasteiger partial charge in [-0.25, -0.2) is 0 Å². The van der Waals surface area contributed by atoms with Crippen LogP contribution in [0.3, 0.4) is 0 Å². The predicted molar refractivity (Wildman–Crippen MR) is 51.7 cm³/mol. The van der Waals surface area contributed by atoms with Crippen LogP contribution in [0.2, 0.25) is 0 Å². The molecule has 84 valence electrons. The normalized spacial score (nSPS) is 11.5. The van der Waals surface area contributed by atoms with Crippen molar-refractivity contribution in [2.24, 2.45) is 0 Å². The molecule has 7 nitrogen and oxygen atoms in total. The van der Waals surface area contributed by atoms with Crippen LogP contribution in [-0.2, 0) is 6.54 Å². The minimum Gasteiger partial charge on any atom is -0.475 e. The SMILES string of the molecule is COc1nn(CC(C)(C)O)cc1[N+](=O)[O-]. The summed E-state index contributed by atoms with van der Waals surface area (Å²) in [6.07, 6.45) is 1.23. The first-order valence-electron chi connectivity index (χ1n) is 4.31. The lowest BCUT2D eigenvalue weighted by molar-refractivity contribution is -0.385. The van der Waals surface area contributed by atoms with E-state index in [2.05, 4.69) is 5.10 Å². The molecule has 0 radical (unpaired) electrons. The summed E-state index contributed by atoms with van der Waals surface area (Å²) >= 11 is 0. The predicted octanol–water partition coefficient (Wildman–Crippen LogP) is 0.571. The number of aliphatic hydroxyl groups is 1. The zero-order valence-electron chi connectivity index (χ0n) is 8.80. The topological polar surface area (TPSA) is 90.4 Å². The smallest absolute Gasteiger partial charge is 0.350 e. The van der Waals surface area contributed by atoms with Crippen molar-refractivity contribution >= 4 is 5.69 Å². The molecule has 0 aliphatic rings. The maximum Gasteiger partial charge on any atom is 0.350 e. The Bertz CT molecular complexity index is 366. The van der Waals surface area contributed by atoms with E-state index >= 15 is 0 Å². The van der Waals surface area contributed by atoms with Gasteiger partial charge in [0.25, 0.3) is 0 Å². The average Bonchev–Trinajstić information content (AvgIpc) is 2.44. The number of ether oxygens (including phenoxy) is 1. The lowest BCUT2D eigenvalue weighted by atomic mass is 10.1. The molecule has 1 heterocycles. The summed E-state index contributed by atoms with van der Waals surface area (Å²) < 4.78 is 6.04. The van der Waals surface area contributed by atoms with Crippen LogP contribution in [-0.4, -0.2) is 32.5 Å². The van der Waals surface area contributed by atoms with Gasteiger partial charge in [0.2, 0.25) is 0 Å². The number of nitro groups is 1. The number of hydrogen-bond acceptors (Lipinski definition) is 5. The third-order valence-corrected chi connectivity index (χ3v) is 1.65. The van der Waals surface area contributed by atoms with E-state index in [1.165, 1.54) is 18.0 Å². The fourth-order valence-corrected chi connectivity index (χ4v) is 1.14. The molecule has 7 heteroatoms. The Kier molecular flexibility index (Phi) is 2.94. The summed E-state index contributed by atoms with van der Waals surface area (Å²) in [4.78, 5) is 9.99. The molecule has 0 amide bonds.